The second-order valence-corrected chi connectivity index (χ2v) is 7.03. The van der Waals surface area contributed by atoms with Gasteiger partial charge in [-0.3, -0.25) is 9.59 Å². The summed E-state index contributed by atoms with van der Waals surface area (Å²) in [6.07, 6.45) is -0.0567. The Morgan fingerprint density at radius 1 is 1.35 bits per heavy atom. The van der Waals surface area contributed by atoms with Crippen molar-refractivity contribution < 1.29 is 19.1 Å². The molecular formula is C17H20N4O4S. The van der Waals surface area contributed by atoms with Crippen LogP contribution in [0.15, 0.2) is 28.4 Å². The Hall–Kier alpha value is -2.68. The van der Waals surface area contributed by atoms with Crippen LogP contribution in [0.2, 0.25) is 0 Å². The molecule has 0 saturated carbocycles. The van der Waals surface area contributed by atoms with E-state index in [2.05, 4.69) is 20.8 Å². The first-order valence-electron chi connectivity index (χ1n) is 7.85. The second kappa shape index (κ2) is 8.61. The number of nitrogens with one attached hydrogen (secondary N) is 2. The summed E-state index contributed by atoms with van der Waals surface area (Å²) in [5, 5.41) is 12.8. The molecule has 9 heteroatoms. The van der Waals surface area contributed by atoms with E-state index in [-0.39, 0.29) is 23.8 Å². The molecule has 0 aliphatic carbocycles. The molecule has 2 N–H and O–H groups in total. The molecule has 1 aliphatic rings. The molecule has 26 heavy (non-hydrogen) atoms. The molecule has 1 unspecified atom stereocenters. The van der Waals surface area contributed by atoms with Gasteiger partial charge in [-0.15, -0.1) is 5.10 Å². The van der Waals surface area contributed by atoms with Crippen molar-refractivity contribution in [2.75, 3.05) is 12.4 Å². The molecule has 138 valence electrons. The van der Waals surface area contributed by atoms with Crippen molar-refractivity contribution >= 4 is 46.1 Å². The van der Waals surface area contributed by atoms with Crippen LogP contribution in [0.1, 0.15) is 36.2 Å². The number of carbonyl (C=O) groups excluding carboxylic acids is 3. The van der Waals surface area contributed by atoms with Crippen LogP contribution >= 0.6 is 11.8 Å². The predicted molar refractivity (Wildman–Crippen MR) is 102 cm³/mol. The quantitative estimate of drug-likeness (QED) is 0.465. The monoisotopic (exact) mass is 376 g/mol. The van der Waals surface area contributed by atoms with Gasteiger partial charge in [-0.25, -0.2) is 4.79 Å². The Bertz CT molecular complexity index is 800. The van der Waals surface area contributed by atoms with Crippen LogP contribution in [0.5, 0.6) is 0 Å². The van der Waals surface area contributed by atoms with Crippen LogP contribution in [0.4, 0.5) is 5.69 Å². The van der Waals surface area contributed by atoms with Gasteiger partial charge < -0.3 is 15.4 Å². The molecule has 0 bridgehead atoms. The maximum atomic E-state index is 12.3. The number of esters is 1. The molecule has 1 aromatic rings. The van der Waals surface area contributed by atoms with Crippen molar-refractivity contribution in [3.8, 4) is 0 Å². The second-order valence-electron chi connectivity index (χ2n) is 5.84. The number of carbonyl (C=O) groups is 3. The molecular weight excluding hydrogens is 356 g/mol. The summed E-state index contributed by atoms with van der Waals surface area (Å²) < 4.78 is 4.72. The van der Waals surface area contributed by atoms with Crippen LogP contribution < -0.4 is 10.6 Å². The van der Waals surface area contributed by atoms with Crippen molar-refractivity contribution in [1.29, 1.82) is 0 Å². The highest BCUT2D eigenvalue weighted by molar-refractivity contribution is 8.15. The van der Waals surface area contributed by atoms with E-state index in [1.54, 1.807) is 32.0 Å². The highest BCUT2D eigenvalue weighted by atomic mass is 32.2. The number of ether oxygens (including phenoxy) is 1. The largest absolute Gasteiger partial charge is 0.465 e. The minimum Gasteiger partial charge on any atom is -0.465 e. The number of methoxy groups -OCH3 is 1. The fraction of sp³-hybridized carbons (Fsp3) is 0.353. The van der Waals surface area contributed by atoms with E-state index in [4.69, 9.17) is 4.74 Å². The highest BCUT2D eigenvalue weighted by Gasteiger charge is 2.32. The average Bonchev–Trinajstić information content (AvgIpc) is 2.92. The number of hydrogen-bond acceptors (Lipinski definition) is 7. The van der Waals surface area contributed by atoms with E-state index in [9.17, 15) is 14.4 Å². The first kappa shape index (κ1) is 19.6. The van der Waals surface area contributed by atoms with Crippen LogP contribution in [-0.2, 0) is 14.3 Å². The van der Waals surface area contributed by atoms with Gasteiger partial charge in [0.15, 0.2) is 5.17 Å². The molecule has 1 fully saturated rings. The first-order valence-corrected chi connectivity index (χ1v) is 8.73. The van der Waals surface area contributed by atoms with E-state index in [0.29, 0.717) is 10.9 Å². The topological polar surface area (TPSA) is 109 Å². The van der Waals surface area contributed by atoms with Crippen molar-refractivity contribution in [2.45, 2.75) is 32.4 Å². The van der Waals surface area contributed by atoms with Crippen LogP contribution in [0.25, 0.3) is 0 Å². The van der Waals surface area contributed by atoms with E-state index < -0.39 is 11.2 Å². The molecule has 0 spiro atoms. The van der Waals surface area contributed by atoms with Crippen molar-refractivity contribution in [3.05, 3.63) is 29.3 Å². The van der Waals surface area contributed by atoms with Gasteiger partial charge >= 0.3 is 5.97 Å². The molecule has 1 aromatic carbocycles. The zero-order chi connectivity index (χ0) is 19.3. The Balaban J connectivity index is 2.07. The summed E-state index contributed by atoms with van der Waals surface area (Å²) in [6, 6.07) is 5.02. The zero-order valence-electron chi connectivity index (χ0n) is 15.0. The third-order valence-electron chi connectivity index (χ3n) is 3.34. The fourth-order valence-corrected chi connectivity index (χ4v) is 3.07. The normalized spacial score (nSPS) is 17.6. The minimum absolute atomic E-state index is 0.0567. The highest BCUT2D eigenvalue weighted by Crippen LogP contribution is 2.24. The Morgan fingerprint density at radius 3 is 2.73 bits per heavy atom. The van der Waals surface area contributed by atoms with Gasteiger partial charge in [0.25, 0.3) is 0 Å². The average molecular weight is 376 g/mol. The van der Waals surface area contributed by atoms with E-state index in [1.807, 2.05) is 6.92 Å². The summed E-state index contributed by atoms with van der Waals surface area (Å²) in [5.74, 6) is -1.23. The number of benzene rings is 1. The fourth-order valence-electron chi connectivity index (χ4n) is 2.15. The summed E-state index contributed by atoms with van der Waals surface area (Å²) in [4.78, 5) is 36.1. The summed E-state index contributed by atoms with van der Waals surface area (Å²) >= 11 is 1.15. The predicted octanol–water partition coefficient (Wildman–Crippen LogP) is 2.09. The first-order chi connectivity index (χ1) is 12.3. The Kier molecular flexibility index (Phi) is 6.51. The lowest BCUT2D eigenvalue weighted by Crippen LogP contribution is -2.28. The Labute approximate surface area is 155 Å². The van der Waals surface area contributed by atoms with Crippen LogP contribution in [0.3, 0.4) is 0 Å². The van der Waals surface area contributed by atoms with Gasteiger partial charge in [-0.2, -0.15) is 5.10 Å². The number of aryl methyl sites for hydroxylation is 1. The minimum atomic E-state index is -0.604. The number of nitrogens with zero attached hydrogens (tertiary/aromatic N) is 2. The van der Waals surface area contributed by atoms with Gasteiger partial charge in [-0.1, -0.05) is 17.8 Å². The van der Waals surface area contributed by atoms with E-state index in [1.165, 1.54) is 7.11 Å². The number of amides is 2. The molecule has 0 radical (unpaired) electrons. The van der Waals surface area contributed by atoms with Crippen molar-refractivity contribution in [3.63, 3.8) is 0 Å². The maximum absolute atomic E-state index is 12.3. The molecule has 0 aromatic heterocycles. The lowest BCUT2D eigenvalue weighted by Gasteiger charge is -2.11. The Morgan fingerprint density at radius 2 is 2.08 bits per heavy atom. The molecule has 2 rings (SSSR count). The number of thioether (sulfide) groups is 1. The van der Waals surface area contributed by atoms with E-state index >= 15 is 0 Å². The summed E-state index contributed by atoms with van der Waals surface area (Å²) in [7, 11) is 1.27. The smallest absolute Gasteiger partial charge is 0.339 e. The maximum Gasteiger partial charge on any atom is 0.339 e. The third-order valence-corrected chi connectivity index (χ3v) is 4.41. The number of amidine groups is 1. The van der Waals surface area contributed by atoms with Crippen molar-refractivity contribution in [1.82, 2.24) is 5.32 Å². The lowest BCUT2D eigenvalue weighted by atomic mass is 10.1. The molecule has 1 saturated heterocycles. The standard InChI is InChI=1S/C17H20N4O4S/c1-9(2)20-21-17-19-15(23)13(26-17)8-14(22)18-12-7-10(3)5-6-11(12)16(24)25-4/h5-7,13H,8H2,1-4H3,(H,18,22)(H,19,21,23). The summed E-state index contributed by atoms with van der Waals surface area (Å²) in [6.45, 7) is 5.42. The molecule has 1 aliphatic heterocycles. The summed E-state index contributed by atoms with van der Waals surface area (Å²) in [5.41, 5.74) is 2.24. The SMILES string of the molecule is COC(=O)c1ccc(C)cc1NC(=O)CC1SC(=NN=C(C)C)NC1=O. The number of rotatable bonds is 5. The third kappa shape index (κ3) is 5.16. The number of anilines is 1. The van der Waals surface area contributed by atoms with Crippen molar-refractivity contribution in [2.24, 2.45) is 10.2 Å². The molecule has 1 heterocycles. The van der Waals surface area contributed by atoms with Gasteiger partial charge in [0.2, 0.25) is 11.8 Å². The molecule has 8 nitrogen and oxygen atoms in total. The van der Waals surface area contributed by atoms with Crippen LogP contribution in [0, 0.1) is 6.92 Å². The zero-order valence-corrected chi connectivity index (χ0v) is 15.8. The molecule has 2 amide bonds. The lowest BCUT2D eigenvalue weighted by molar-refractivity contribution is -0.122. The van der Waals surface area contributed by atoms with Gasteiger partial charge in [-0.05, 0) is 38.5 Å². The van der Waals surface area contributed by atoms with Gasteiger partial charge in [0, 0.05) is 12.1 Å². The number of hydrogen-bond donors (Lipinski definition) is 2. The van der Waals surface area contributed by atoms with Gasteiger partial charge in [0.05, 0.1) is 18.4 Å². The van der Waals surface area contributed by atoms with Crippen LogP contribution in [-0.4, -0.2) is 41.0 Å². The van der Waals surface area contributed by atoms with E-state index in [0.717, 1.165) is 23.0 Å². The van der Waals surface area contributed by atoms with Gasteiger partial charge in [0.1, 0.15) is 5.25 Å². The molecule has 1 atom stereocenters.